The number of nitrogens with one attached hydrogen (secondary N) is 1. The maximum absolute atomic E-state index is 10.8. The zero-order valence-electron chi connectivity index (χ0n) is 9.28. The number of hydrogen-bond donors (Lipinski definition) is 5. The first-order valence-electron chi connectivity index (χ1n) is 5.07. The van der Waals surface area contributed by atoms with Gasteiger partial charge in [0.1, 0.15) is 6.04 Å². The molecule has 8 heteroatoms. The molecule has 0 unspecified atom stereocenters. The van der Waals surface area contributed by atoms with E-state index in [9.17, 15) is 9.59 Å². The third-order valence-electron chi connectivity index (χ3n) is 2.31. The molecule has 7 nitrogen and oxygen atoms in total. The molecule has 0 saturated heterocycles. The van der Waals surface area contributed by atoms with Gasteiger partial charge in [-0.3, -0.25) is 0 Å². The monoisotopic (exact) mass is 253 g/mol. The van der Waals surface area contributed by atoms with E-state index in [2.05, 4.69) is 0 Å². The van der Waals surface area contributed by atoms with Gasteiger partial charge < -0.3 is 25.6 Å². The third-order valence-corrected chi connectivity index (χ3v) is 2.31. The number of aliphatic carboxylic acids is 1. The van der Waals surface area contributed by atoms with Crippen LogP contribution >= 0.6 is 0 Å². The standard InChI is InChI=1S/C10H12BNO6/c13-9(14)8(12-10(15)16)5-6-1-3-7(4-2-6)11(17)18/h1-4,8,12,17-18H,5H2,(H,13,14)(H,15,16)/t8-/m0/s1. The zero-order chi connectivity index (χ0) is 13.7. The number of carboxylic acids is 1. The second-order valence-corrected chi connectivity index (χ2v) is 3.66. The lowest BCUT2D eigenvalue weighted by Gasteiger charge is -2.12. The van der Waals surface area contributed by atoms with Crippen molar-refractivity contribution in [3.8, 4) is 0 Å². The Kier molecular flexibility index (Phi) is 4.70. The molecule has 5 N–H and O–H groups in total. The molecule has 1 aromatic rings. The Hall–Kier alpha value is -2.06. The molecule has 0 saturated carbocycles. The molecule has 0 heterocycles. The lowest BCUT2D eigenvalue weighted by Crippen LogP contribution is -2.41. The van der Waals surface area contributed by atoms with Crippen molar-refractivity contribution in [3.05, 3.63) is 29.8 Å². The summed E-state index contributed by atoms with van der Waals surface area (Å²) < 4.78 is 0. The molecule has 0 aliphatic carbocycles. The van der Waals surface area contributed by atoms with Crippen molar-refractivity contribution >= 4 is 24.6 Å². The highest BCUT2D eigenvalue weighted by atomic mass is 16.4. The molecular weight excluding hydrogens is 241 g/mol. The Balaban J connectivity index is 2.75. The van der Waals surface area contributed by atoms with Gasteiger partial charge in [-0.25, -0.2) is 9.59 Å². The lowest BCUT2D eigenvalue weighted by atomic mass is 9.80. The fraction of sp³-hybridized carbons (Fsp3) is 0.200. The average Bonchev–Trinajstić information content (AvgIpc) is 2.28. The van der Waals surface area contributed by atoms with Crippen LogP contribution in [0.5, 0.6) is 0 Å². The Morgan fingerprint density at radius 1 is 1.17 bits per heavy atom. The first-order valence-corrected chi connectivity index (χ1v) is 5.07. The fourth-order valence-electron chi connectivity index (χ4n) is 1.41. The van der Waals surface area contributed by atoms with E-state index in [-0.39, 0.29) is 11.9 Å². The fourth-order valence-corrected chi connectivity index (χ4v) is 1.41. The van der Waals surface area contributed by atoms with Crippen LogP contribution in [0.4, 0.5) is 4.79 Å². The minimum atomic E-state index is -1.59. The van der Waals surface area contributed by atoms with Gasteiger partial charge in [0.05, 0.1) is 0 Å². The number of benzene rings is 1. The van der Waals surface area contributed by atoms with Gasteiger partial charge in [-0.15, -0.1) is 0 Å². The normalized spacial score (nSPS) is 11.7. The topological polar surface area (TPSA) is 127 Å². The molecule has 0 aliphatic heterocycles. The predicted molar refractivity (Wildman–Crippen MR) is 62.6 cm³/mol. The minimum Gasteiger partial charge on any atom is -0.480 e. The van der Waals surface area contributed by atoms with Crippen molar-refractivity contribution in [1.29, 1.82) is 0 Å². The highest BCUT2D eigenvalue weighted by molar-refractivity contribution is 6.58. The molecule has 0 bridgehead atoms. The maximum Gasteiger partial charge on any atom is 0.488 e. The number of amides is 1. The van der Waals surface area contributed by atoms with Crippen LogP contribution in [-0.4, -0.2) is 45.5 Å². The van der Waals surface area contributed by atoms with Crippen molar-refractivity contribution < 1.29 is 29.9 Å². The molecule has 18 heavy (non-hydrogen) atoms. The average molecular weight is 253 g/mol. The molecule has 96 valence electrons. The van der Waals surface area contributed by atoms with Gasteiger partial charge in [0.25, 0.3) is 0 Å². The minimum absolute atomic E-state index is 0.0244. The first kappa shape index (κ1) is 14.0. The number of rotatable bonds is 5. The molecular formula is C10H12BNO6. The van der Waals surface area contributed by atoms with Crippen molar-refractivity contribution in [2.45, 2.75) is 12.5 Å². The molecule has 0 fully saturated rings. The Morgan fingerprint density at radius 3 is 2.11 bits per heavy atom. The van der Waals surface area contributed by atoms with Gasteiger partial charge in [0.15, 0.2) is 0 Å². The van der Waals surface area contributed by atoms with Crippen LogP contribution in [0.2, 0.25) is 0 Å². The van der Waals surface area contributed by atoms with Crippen LogP contribution in [0.15, 0.2) is 24.3 Å². The Morgan fingerprint density at radius 2 is 1.72 bits per heavy atom. The summed E-state index contributed by atoms with van der Waals surface area (Å²) in [6.45, 7) is 0. The van der Waals surface area contributed by atoms with Gasteiger partial charge in [-0.05, 0) is 11.0 Å². The summed E-state index contributed by atoms with van der Waals surface area (Å²) >= 11 is 0. The van der Waals surface area contributed by atoms with E-state index in [0.717, 1.165) is 0 Å². The van der Waals surface area contributed by atoms with Gasteiger partial charge in [0, 0.05) is 6.42 Å². The van der Waals surface area contributed by atoms with Crippen molar-refractivity contribution in [2.24, 2.45) is 0 Å². The van der Waals surface area contributed by atoms with E-state index < -0.39 is 25.2 Å². The van der Waals surface area contributed by atoms with Crippen LogP contribution in [0.1, 0.15) is 5.56 Å². The van der Waals surface area contributed by atoms with Crippen molar-refractivity contribution in [1.82, 2.24) is 5.32 Å². The quantitative estimate of drug-likeness (QED) is 0.412. The number of hydrogen-bond acceptors (Lipinski definition) is 4. The zero-order valence-corrected chi connectivity index (χ0v) is 9.28. The summed E-state index contributed by atoms with van der Waals surface area (Å²) in [5.41, 5.74) is 0.845. The smallest absolute Gasteiger partial charge is 0.480 e. The summed E-state index contributed by atoms with van der Waals surface area (Å²) in [5, 5.41) is 36.9. The van der Waals surface area contributed by atoms with E-state index >= 15 is 0 Å². The lowest BCUT2D eigenvalue weighted by molar-refractivity contribution is -0.139. The number of carbonyl (C=O) groups is 2. The molecule has 0 radical (unpaired) electrons. The SMILES string of the molecule is O=C(O)N[C@@H](Cc1ccc(B(O)O)cc1)C(=O)O. The molecule has 1 rings (SSSR count). The second kappa shape index (κ2) is 6.03. The summed E-state index contributed by atoms with van der Waals surface area (Å²) in [5.74, 6) is -1.27. The molecule has 1 aromatic carbocycles. The Bertz CT molecular complexity index is 432. The van der Waals surface area contributed by atoms with Gasteiger partial charge >= 0.3 is 19.2 Å². The predicted octanol–water partition coefficient (Wildman–Crippen LogP) is -1.37. The highest BCUT2D eigenvalue weighted by Crippen LogP contribution is 2.03. The van der Waals surface area contributed by atoms with Crippen LogP contribution < -0.4 is 10.8 Å². The molecule has 0 aliphatic rings. The largest absolute Gasteiger partial charge is 0.488 e. The van der Waals surface area contributed by atoms with E-state index in [0.29, 0.717) is 5.56 Å². The van der Waals surface area contributed by atoms with Crippen LogP contribution in [0, 0.1) is 0 Å². The molecule has 0 aromatic heterocycles. The third kappa shape index (κ3) is 4.08. The second-order valence-electron chi connectivity index (χ2n) is 3.66. The van der Waals surface area contributed by atoms with E-state index in [1.807, 2.05) is 5.32 Å². The van der Waals surface area contributed by atoms with E-state index in [4.69, 9.17) is 20.3 Å². The van der Waals surface area contributed by atoms with E-state index in [1.165, 1.54) is 24.3 Å². The summed E-state index contributed by atoms with van der Waals surface area (Å²) in [7, 11) is -1.59. The van der Waals surface area contributed by atoms with Crippen molar-refractivity contribution in [2.75, 3.05) is 0 Å². The summed E-state index contributed by atoms with van der Waals surface area (Å²) in [4.78, 5) is 21.2. The maximum atomic E-state index is 10.8. The van der Waals surface area contributed by atoms with Crippen LogP contribution in [-0.2, 0) is 11.2 Å². The molecule has 0 spiro atoms. The van der Waals surface area contributed by atoms with Gasteiger partial charge in [-0.2, -0.15) is 0 Å². The van der Waals surface area contributed by atoms with Gasteiger partial charge in [-0.1, -0.05) is 24.3 Å². The van der Waals surface area contributed by atoms with E-state index in [1.54, 1.807) is 0 Å². The van der Waals surface area contributed by atoms with Crippen molar-refractivity contribution in [3.63, 3.8) is 0 Å². The first-order chi connectivity index (χ1) is 8.40. The molecule has 1 amide bonds. The highest BCUT2D eigenvalue weighted by Gasteiger charge is 2.20. The summed E-state index contributed by atoms with van der Waals surface area (Å²) in [6, 6.07) is 4.63. The van der Waals surface area contributed by atoms with Gasteiger partial charge in [0.2, 0.25) is 0 Å². The van der Waals surface area contributed by atoms with Crippen LogP contribution in [0.25, 0.3) is 0 Å². The Labute approximate surface area is 103 Å². The van der Waals surface area contributed by atoms with Crippen LogP contribution in [0.3, 0.4) is 0 Å². The number of carboxylic acid groups (broad SMARTS) is 2. The summed E-state index contributed by atoms with van der Waals surface area (Å²) in [6.07, 6.45) is -1.44. The molecule has 1 atom stereocenters.